The third-order valence-electron chi connectivity index (χ3n) is 4.27. The molecular weight excluding hydrogens is 546 g/mol. The average molecular weight is 566 g/mol. The fourth-order valence-electron chi connectivity index (χ4n) is 2.56. The van der Waals surface area contributed by atoms with E-state index in [9.17, 15) is 43.2 Å². The first-order chi connectivity index (χ1) is 16.6. The van der Waals surface area contributed by atoms with Crippen LogP contribution in [0.4, 0.5) is 26.3 Å². The molecule has 2 aromatic carbocycles. The van der Waals surface area contributed by atoms with Crippen molar-refractivity contribution in [3.63, 3.8) is 0 Å². The standard InChI is InChI=1S/C20H20F6O8S2/c21-19(22,23)35(27,28)33-17(13-31-11-15-7-3-1-4-8-15)18(34-36(29,30)20(24,25)26)14-32-12-16-9-5-2-6-10-16/h1-10,17-18H,11-14H2/t17-,18-/m0/s1. The molecule has 0 unspecified atom stereocenters. The van der Waals surface area contributed by atoms with Crippen molar-refractivity contribution in [1.82, 2.24) is 0 Å². The monoisotopic (exact) mass is 566 g/mol. The lowest BCUT2D eigenvalue weighted by Crippen LogP contribution is -2.45. The summed E-state index contributed by atoms with van der Waals surface area (Å²) >= 11 is 0. The molecule has 0 saturated carbocycles. The van der Waals surface area contributed by atoms with E-state index in [0.29, 0.717) is 11.1 Å². The summed E-state index contributed by atoms with van der Waals surface area (Å²) in [7, 11) is -12.8. The highest BCUT2D eigenvalue weighted by atomic mass is 32.2. The molecule has 0 aromatic heterocycles. The first kappa shape index (κ1) is 30.0. The Morgan fingerprint density at radius 1 is 0.583 bits per heavy atom. The molecule has 0 fully saturated rings. The van der Waals surface area contributed by atoms with Crippen LogP contribution in [0.25, 0.3) is 0 Å². The third kappa shape index (κ3) is 9.01. The minimum absolute atomic E-state index is 0.323. The van der Waals surface area contributed by atoms with E-state index in [-0.39, 0.29) is 13.2 Å². The van der Waals surface area contributed by atoms with Crippen LogP contribution in [0.2, 0.25) is 0 Å². The quantitative estimate of drug-likeness (QED) is 0.204. The van der Waals surface area contributed by atoms with Gasteiger partial charge in [0.05, 0.1) is 26.4 Å². The molecule has 0 heterocycles. The van der Waals surface area contributed by atoms with Gasteiger partial charge >= 0.3 is 31.3 Å². The van der Waals surface area contributed by atoms with Crippen molar-refractivity contribution in [3.8, 4) is 0 Å². The normalized spacial score (nSPS) is 14.9. The minimum Gasteiger partial charge on any atom is -0.374 e. The van der Waals surface area contributed by atoms with E-state index < -0.39 is 56.7 Å². The molecule has 2 aromatic rings. The van der Waals surface area contributed by atoms with Crippen LogP contribution in [-0.2, 0) is 51.3 Å². The van der Waals surface area contributed by atoms with E-state index in [1.54, 1.807) is 36.4 Å². The Bertz CT molecular complexity index is 1060. The SMILES string of the molecule is O=S(=O)(O[C@@H](COCc1ccccc1)[C@H](COCc1ccccc1)OS(=O)(=O)C(F)(F)F)C(F)(F)F. The number of hydrogen-bond acceptors (Lipinski definition) is 8. The summed E-state index contributed by atoms with van der Waals surface area (Å²) in [6.07, 6.45) is -4.98. The summed E-state index contributed by atoms with van der Waals surface area (Å²) in [4.78, 5) is 0. The lowest BCUT2D eigenvalue weighted by atomic mass is 10.2. The van der Waals surface area contributed by atoms with Gasteiger partial charge in [0.15, 0.2) is 0 Å². The Morgan fingerprint density at radius 2 is 0.889 bits per heavy atom. The van der Waals surface area contributed by atoms with Gasteiger partial charge in [-0.1, -0.05) is 60.7 Å². The summed E-state index contributed by atoms with van der Waals surface area (Å²) < 4.78 is 142. The van der Waals surface area contributed by atoms with Crippen LogP contribution in [0.15, 0.2) is 60.7 Å². The predicted molar refractivity (Wildman–Crippen MR) is 112 cm³/mol. The summed E-state index contributed by atoms with van der Waals surface area (Å²) in [5.74, 6) is 0. The van der Waals surface area contributed by atoms with Gasteiger partial charge in [-0.2, -0.15) is 43.2 Å². The molecule has 0 spiro atoms. The maximum Gasteiger partial charge on any atom is 0.523 e. The number of alkyl halides is 6. The van der Waals surface area contributed by atoms with Gasteiger partial charge in [-0.25, -0.2) is 0 Å². The molecule has 0 aliphatic rings. The number of halogens is 6. The van der Waals surface area contributed by atoms with E-state index in [1.807, 2.05) is 0 Å². The molecule has 0 aliphatic carbocycles. The van der Waals surface area contributed by atoms with Gasteiger partial charge in [-0.3, -0.25) is 8.37 Å². The molecule has 36 heavy (non-hydrogen) atoms. The van der Waals surface area contributed by atoms with E-state index in [1.165, 1.54) is 24.3 Å². The molecule has 0 aliphatic heterocycles. The third-order valence-corrected chi connectivity index (χ3v) is 6.40. The highest BCUT2D eigenvalue weighted by molar-refractivity contribution is 7.88. The number of ether oxygens (including phenoxy) is 2. The van der Waals surface area contributed by atoms with Crippen molar-refractivity contribution in [2.24, 2.45) is 0 Å². The Morgan fingerprint density at radius 3 is 1.17 bits per heavy atom. The summed E-state index contributed by atoms with van der Waals surface area (Å²) in [5, 5.41) is 0. The molecule has 0 N–H and O–H groups in total. The topological polar surface area (TPSA) is 105 Å². The highest BCUT2D eigenvalue weighted by Gasteiger charge is 2.53. The molecule has 0 bridgehead atoms. The van der Waals surface area contributed by atoms with E-state index in [2.05, 4.69) is 8.37 Å². The van der Waals surface area contributed by atoms with Gasteiger partial charge in [0.2, 0.25) is 0 Å². The van der Waals surface area contributed by atoms with E-state index >= 15 is 0 Å². The number of benzene rings is 2. The summed E-state index contributed by atoms with van der Waals surface area (Å²) in [6, 6.07) is 15.8. The molecule has 2 atom stereocenters. The van der Waals surface area contributed by atoms with Gasteiger partial charge in [0.25, 0.3) is 0 Å². The van der Waals surface area contributed by atoms with Gasteiger partial charge in [0.1, 0.15) is 12.2 Å². The van der Waals surface area contributed by atoms with Crippen LogP contribution in [0, 0.1) is 0 Å². The van der Waals surface area contributed by atoms with Crippen molar-refractivity contribution in [2.45, 2.75) is 36.4 Å². The average Bonchev–Trinajstić information content (AvgIpc) is 2.77. The van der Waals surface area contributed by atoms with E-state index in [4.69, 9.17) is 9.47 Å². The maximum atomic E-state index is 12.9. The first-order valence-electron chi connectivity index (χ1n) is 9.85. The predicted octanol–water partition coefficient (Wildman–Crippen LogP) is 3.89. The smallest absolute Gasteiger partial charge is 0.374 e. The van der Waals surface area contributed by atoms with Crippen LogP contribution in [0.1, 0.15) is 11.1 Å². The van der Waals surface area contributed by atoms with Gasteiger partial charge < -0.3 is 9.47 Å². The van der Waals surface area contributed by atoms with Crippen molar-refractivity contribution < 1.29 is 61.0 Å². The summed E-state index contributed by atoms with van der Waals surface area (Å²) in [5.41, 5.74) is -11.0. The van der Waals surface area contributed by atoms with Crippen LogP contribution >= 0.6 is 0 Å². The fourth-order valence-corrected chi connectivity index (χ4v) is 3.79. The second kappa shape index (κ2) is 12.3. The molecular formula is C20H20F6O8S2. The van der Waals surface area contributed by atoms with Crippen molar-refractivity contribution in [2.75, 3.05) is 13.2 Å². The Balaban J connectivity index is 2.30. The Kier molecular flexibility index (Phi) is 10.3. The zero-order valence-corrected chi connectivity index (χ0v) is 19.7. The first-order valence-corrected chi connectivity index (χ1v) is 12.7. The number of hydrogen-bond donors (Lipinski definition) is 0. The second-order valence-electron chi connectivity index (χ2n) is 7.07. The molecule has 0 radical (unpaired) electrons. The molecule has 0 amide bonds. The van der Waals surface area contributed by atoms with Crippen LogP contribution in [0.5, 0.6) is 0 Å². The Hall–Kier alpha value is -2.24. The van der Waals surface area contributed by atoms with Crippen LogP contribution in [-0.4, -0.2) is 53.3 Å². The molecule has 8 nitrogen and oxygen atoms in total. The second-order valence-corrected chi connectivity index (χ2v) is 10.2. The molecule has 202 valence electrons. The zero-order chi connectivity index (χ0) is 27.0. The lowest BCUT2D eigenvalue weighted by Gasteiger charge is -2.27. The fraction of sp³-hybridized carbons (Fsp3) is 0.400. The lowest BCUT2D eigenvalue weighted by molar-refractivity contribution is -0.0918. The largest absolute Gasteiger partial charge is 0.523 e. The Labute approximate surface area is 203 Å². The zero-order valence-electron chi connectivity index (χ0n) is 18.1. The van der Waals surface area contributed by atoms with Crippen molar-refractivity contribution >= 4 is 20.2 Å². The maximum absolute atomic E-state index is 12.9. The molecule has 0 saturated heterocycles. The highest BCUT2D eigenvalue weighted by Crippen LogP contribution is 2.30. The van der Waals surface area contributed by atoms with Gasteiger partial charge in [0, 0.05) is 0 Å². The minimum atomic E-state index is -6.40. The molecule has 2 rings (SSSR count). The number of rotatable bonds is 13. The summed E-state index contributed by atoms with van der Waals surface area (Å²) in [6.45, 7) is -2.85. The molecule has 16 heteroatoms. The van der Waals surface area contributed by atoms with Gasteiger partial charge in [-0.05, 0) is 11.1 Å². The van der Waals surface area contributed by atoms with Crippen LogP contribution in [0.3, 0.4) is 0 Å². The van der Waals surface area contributed by atoms with Crippen LogP contribution < -0.4 is 0 Å². The van der Waals surface area contributed by atoms with Crippen molar-refractivity contribution in [3.05, 3.63) is 71.8 Å². The van der Waals surface area contributed by atoms with E-state index in [0.717, 1.165) is 0 Å². The van der Waals surface area contributed by atoms with Gasteiger partial charge in [-0.15, -0.1) is 0 Å². The van der Waals surface area contributed by atoms with Crippen molar-refractivity contribution in [1.29, 1.82) is 0 Å².